The summed E-state index contributed by atoms with van der Waals surface area (Å²) in [5, 5.41) is 2.79. The number of hydrogen-bond acceptors (Lipinski definition) is 2. The van der Waals surface area contributed by atoms with E-state index in [2.05, 4.69) is 5.32 Å². The van der Waals surface area contributed by atoms with Gasteiger partial charge in [0.15, 0.2) is 5.82 Å². The van der Waals surface area contributed by atoms with Crippen LogP contribution in [0.4, 0.5) is 20.2 Å². The van der Waals surface area contributed by atoms with Gasteiger partial charge in [-0.2, -0.15) is 0 Å². The molecule has 0 bridgehead atoms. The number of halogens is 4. The van der Waals surface area contributed by atoms with Gasteiger partial charge >= 0.3 is 0 Å². The van der Waals surface area contributed by atoms with Gasteiger partial charge in [0.25, 0.3) is 5.91 Å². The molecule has 0 saturated heterocycles. The summed E-state index contributed by atoms with van der Waals surface area (Å²) < 4.78 is 27.3. The summed E-state index contributed by atoms with van der Waals surface area (Å²) >= 11 is 11.6. The van der Waals surface area contributed by atoms with E-state index in [0.717, 1.165) is 12.1 Å². The van der Waals surface area contributed by atoms with Gasteiger partial charge in [0.2, 0.25) is 0 Å². The van der Waals surface area contributed by atoms with Gasteiger partial charge in [-0.05, 0) is 30.3 Å². The second-order valence-corrected chi connectivity index (χ2v) is 4.75. The maximum Gasteiger partial charge on any atom is 0.261 e. The minimum absolute atomic E-state index is 0.144. The van der Waals surface area contributed by atoms with Crippen molar-refractivity contribution in [3.63, 3.8) is 0 Å². The fraction of sp³-hybridized carbons (Fsp3) is 0. The van der Waals surface area contributed by atoms with Crippen molar-refractivity contribution >= 4 is 40.5 Å². The van der Waals surface area contributed by atoms with Crippen LogP contribution >= 0.6 is 23.2 Å². The number of anilines is 2. The van der Waals surface area contributed by atoms with Crippen molar-refractivity contribution in [3.8, 4) is 0 Å². The topological polar surface area (TPSA) is 55.1 Å². The van der Waals surface area contributed by atoms with Crippen molar-refractivity contribution in [2.24, 2.45) is 0 Å². The van der Waals surface area contributed by atoms with E-state index in [0.29, 0.717) is 5.02 Å². The number of nitrogens with one attached hydrogen (secondary N) is 1. The molecule has 20 heavy (non-hydrogen) atoms. The normalized spacial score (nSPS) is 10.4. The summed E-state index contributed by atoms with van der Waals surface area (Å²) in [7, 11) is 0. The maximum atomic E-state index is 13.7. The minimum Gasteiger partial charge on any atom is -0.396 e. The molecule has 0 fully saturated rings. The van der Waals surface area contributed by atoms with Crippen molar-refractivity contribution in [1.82, 2.24) is 0 Å². The van der Waals surface area contributed by atoms with Crippen molar-refractivity contribution < 1.29 is 13.6 Å². The van der Waals surface area contributed by atoms with Crippen LogP contribution in [0.25, 0.3) is 0 Å². The lowest BCUT2D eigenvalue weighted by molar-refractivity contribution is 0.101. The fourth-order valence-corrected chi connectivity index (χ4v) is 1.89. The molecule has 1 amide bonds. The van der Waals surface area contributed by atoms with Gasteiger partial charge in [0, 0.05) is 5.02 Å². The zero-order valence-corrected chi connectivity index (χ0v) is 11.4. The number of amides is 1. The summed E-state index contributed by atoms with van der Waals surface area (Å²) in [5.41, 5.74) is 4.35. The molecule has 0 radical (unpaired) electrons. The second kappa shape index (κ2) is 5.64. The maximum absolute atomic E-state index is 13.7. The molecule has 0 aliphatic carbocycles. The molecule has 0 aliphatic rings. The molecule has 0 heterocycles. The highest BCUT2D eigenvalue weighted by Crippen LogP contribution is 2.27. The Hall–Kier alpha value is -1.85. The first-order valence-corrected chi connectivity index (χ1v) is 6.15. The highest BCUT2D eigenvalue weighted by Gasteiger charge is 2.20. The average Bonchev–Trinajstić information content (AvgIpc) is 2.39. The number of carbonyl (C=O) groups excluding carboxylic acids is 1. The Morgan fingerprint density at radius 3 is 2.55 bits per heavy atom. The largest absolute Gasteiger partial charge is 0.396 e. The molecular formula is C13H8Cl2F2N2O. The second-order valence-electron chi connectivity index (χ2n) is 3.90. The quantitative estimate of drug-likeness (QED) is 0.819. The first-order valence-electron chi connectivity index (χ1n) is 5.40. The SMILES string of the molecule is Nc1ccc(F)c(C(=O)Nc2cc(Cl)ccc2Cl)c1F. The van der Waals surface area contributed by atoms with Crippen LogP contribution in [0.2, 0.25) is 10.0 Å². The minimum atomic E-state index is -1.12. The molecule has 3 N–H and O–H groups in total. The molecule has 3 nitrogen and oxygen atoms in total. The molecule has 2 rings (SSSR count). The van der Waals surface area contributed by atoms with E-state index in [4.69, 9.17) is 28.9 Å². The Labute approximate surface area is 123 Å². The lowest BCUT2D eigenvalue weighted by atomic mass is 10.1. The number of rotatable bonds is 2. The molecule has 0 aromatic heterocycles. The molecule has 0 atom stereocenters. The van der Waals surface area contributed by atoms with Crippen LogP contribution in [0.3, 0.4) is 0 Å². The lowest BCUT2D eigenvalue weighted by Crippen LogP contribution is -2.17. The van der Waals surface area contributed by atoms with Gasteiger partial charge in [0.05, 0.1) is 16.4 Å². The van der Waals surface area contributed by atoms with E-state index in [1.807, 2.05) is 0 Å². The Bertz CT molecular complexity index is 692. The number of nitrogen functional groups attached to an aromatic ring is 1. The van der Waals surface area contributed by atoms with E-state index in [-0.39, 0.29) is 16.4 Å². The van der Waals surface area contributed by atoms with Crippen molar-refractivity contribution in [2.75, 3.05) is 11.1 Å². The Balaban J connectivity index is 2.38. The average molecular weight is 317 g/mol. The third kappa shape index (κ3) is 2.84. The van der Waals surface area contributed by atoms with Crippen molar-refractivity contribution in [3.05, 3.63) is 57.6 Å². The van der Waals surface area contributed by atoms with Gasteiger partial charge < -0.3 is 11.1 Å². The molecule has 0 spiro atoms. The van der Waals surface area contributed by atoms with E-state index >= 15 is 0 Å². The van der Waals surface area contributed by atoms with Crippen LogP contribution in [-0.2, 0) is 0 Å². The van der Waals surface area contributed by atoms with Crippen molar-refractivity contribution in [2.45, 2.75) is 0 Å². The highest BCUT2D eigenvalue weighted by atomic mass is 35.5. The first-order chi connectivity index (χ1) is 9.40. The third-order valence-electron chi connectivity index (χ3n) is 2.52. The first kappa shape index (κ1) is 14.6. The standard InChI is InChI=1S/C13H8Cl2F2N2O/c14-6-1-2-7(15)10(5-6)19-13(20)11-8(16)3-4-9(18)12(11)17/h1-5H,18H2,(H,19,20). The van der Waals surface area contributed by atoms with E-state index in [1.54, 1.807) is 0 Å². The van der Waals surface area contributed by atoms with E-state index in [1.165, 1.54) is 18.2 Å². The molecule has 0 saturated carbocycles. The predicted molar refractivity (Wildman–Crippen MR) is 75.2 cm³/mol. The smallest absolute Gasteiger partial charge is 0.261 e. The number of carbonyl (C=O) groups is 1. The van der Waals surface area contributed by atoms with Gasteiger partial charge in [-0.15, -0.1) is 0 Å². The van der Waals surface area contributed by atoms with Crippen LogP contribution < -0.4 is 11.1 Å². The van der Waals surface area contributed by atoms with Gasteiger partial charge in [0.1, 0.15) is 11.4 Å². The molecule has 7 heteroatoms. The molecule has 0 aliphatic heterocycles. The zero-order chi connectivity index (χ0) is 14.9. The third-order valence-corrected chi connectivity index (χ3v) is 3.09. The summed E-state index contributed by atoms with van der Waals surface area (Å²) in [6.07, 6.45) is 0. The molecule has 2 aromatic carbocycles. The number of benzene rings is 2. The fourth-order valence-electron chi connectivity index (χ4n) is 1.55. The van der Waals surface area contributed by atoms with Crippen LogP contribution in [0.5, 0.6) is 0 Å². The molecule has 2 aromatic rings. The Morgan fingerprint density at radius 1 is 1.15 bits per heavy atom. The van der Waals surface area contributed by atoms with Crippen LogP contribution in [0, 0.1) is 11.6 Å². The zero-order valence-electron chi connectivity index (χ0n) is 9.88. The summed E-state index contributed by atoms with van der Waals surface area (Å²) in [4.78, 5) is 11.9. The summed E-state index contributed by atoms with van der Waals surface area (Å²) in [5.74, 6) is -3.15. The van der Waals surface area contributed by atoms with Gasteiger partial charge in [-0.25, -0.2) is 8.78 Å². The number of nitrogens with two attached hydrogens (primary N) is 1. The predicted octanol–water partition coefficient (Wildman–Crippen LogP) is 4.11. The molecular weight excluding hydrogens is 309 g/mol. The Morgan fingerprint density at radius 2 is 1.85 bits per heavy atom. The summed E-state index contributed by atoms with van der Waals surface area (Å²) in [6.45, 7) is 0. The monoisotopic (exact) mass is 316 g/mol. The van der Waals surface area contributed by atoms with Gasteiger partial charge in [-0.1, -0.05) is 23.2 Å². The highest BCUT2D eigenvalue weighted by molar-refractivity contribution is 6.35. The summed E-state index contributed by atoms with van der Waals surface area (Å²) in [6, 6.07) is 6.28. The lowest BCUT2D eigenvalue weighted by Gasteiger charge is -2.10. The molecule has 0 unspecified atom stereocenters. The van der Waals surface area contributed by atoms with Gasteiger partial charge in [-0.3, -0.25) is 4.79 Å². The molecule has 104 valence electrons. The van der Waals surface area contributed by atoms with E-state index in [9.17, 15) is 13.6 Å². The van der Waals surface area contributed by atoms with Crippen LogP contribution in [0.15, 0.2) is 30.3 Å². The van der Waals surface area contributed by atoms with E-state index < -0.39 is 23.1 Å². The van der Waals surface area contributed by atoms with Crippen molar-refractivity contribution in [1.29, 1.82) is 0 Å². The number of hydrogen-bond donors (Lipinski definition) is 2. The van der Waals surface area contributed by atoms with Crippen LogP contribution in [0.1, 0.15) is 10.4 Å². The Kier molecular flexibility index (Phi) is 4.11. The van der Waals surface area contributed by atoms with Crippen LogP contribution in [-0.4, -0.2) is 5.91 Å².